The largest absolute Gasteiger partial charge is 0.481 e. The molecule has 0 aromatic carbocycles. The van der Waals surface area contributed by atoms with Gasteiger partial charge in [-0.05, 0) is 26.7 Å². The molecule has 0 atom stereocenters. The van der Waals surface area contributed by atoms with E-state index < -0.39 is 11.5 Å². The van der Waals surface area contributed by atoms with Gasteiger partial charge < -0.3 is 10.4 Å². The minimum Gasteiger partial charge on any atom is -0.481 e. The van der Waals surface area contributed by atoms with Crippen LogP contribution >= 0.6 is 0 Å². The van der Waals surface area contributed by atoms with Crippen molar-refractivity contribution < 1.29 is 14.7 Å². The number of hydrogen-bond acceptors (Lipinski definition) is 2. The lowest BCUT2D eigenvalue weighted by Gasteiger charge is -2.27. The van der Waals surface area contributed by atoms with Crippen LogP contribution in [0.1, 0.15) is 58.8 Å². The summed E-state index contributed by atoms with van der Waals surface area (Å²) in [6.07, 6.45) is 6.48. The number of carboxylic acid groups (broad SMARTS) is 1. The van der Waals surface area contributed by atoms with Gasteiger partial charge in [-0.2, -0.15) is 0 Å². The van der Waals surface area contributed by atoms with Crippen LogP contribution in [-0.2, 0) is 9.59 Å². The standard InChI is InChI=1S/C13H23NO3/c1-13(2,9-11(15)16)14-12(17)10-7-5-3-4-6-8-10/h10H,3-9H2,1-2H3,(H,14,17)(H,15,16). The first-order valence-electron chi connectivity index (χ1n) is 6.44. The highest BCUT2D eigenvalue weighted by molar-refractivity contribution is 5.80. The van der Waals surface area contributed by atoms with E-state index in [1.807, 2.05) is 0 Å². The second-order valence-corrected chi connectivity index (χ2v) is 5.63. The van der Waals surface area contributed by atoms with Crippen molar-refractivity contribution >= 4 is 11.9 Å². The van der Waals surface area contributed by atoms with Crippen molar-refractivity contribution in [3.63, 3.8) is 0 Å². The van der Waals surface area contributed by atoms with E-state index in [-0.39, 0.29) is 18.2 Å². The normalized spacial score (nSPS) is 18.5. The summed E-state index contributed by atoms with van der Waals surface area (Å²) in [6, 6.07) is 0. The van der Waals surface area contributed by atoms with Crippen molar-refractivity contribution in [3.8, 4) is 0 Å². The molecule has 0 unspecified atom stereocenters. The fourth-order valence-electron chi connectivity index (χ4n) is 2.40. The summed E-state index contributed by atoms with van der Waals surface area (Å²) in [4.78, 5) is 22.7. The third kappa shape index (κ3) is 5.20. The van der Waals surface area contributed by atoms with Gasteiger partial charge in [0.25, 0.3) is 0 Å². The fraction of sp³-hybridized carbons (Fsp3) is 0.846. The van der Waals surface area contributed by atoms with E-state index >= 15 is 0 Å². The number of nitrogens with one attached hydrogen (secondary N) is 1. The van der Waals surface area contributed by atoms with Crippen LogP contribution in [0.2, 0.25) is 0 Å². The van der Waals surface area contributed by atoms with E-state index in [1.165, 1.54) is 12.8 Å². The molecule has 4 heteroatoms. The third-order valence-electron chi connectivity index (χ3n) is 3.28. The monoisotopic (exact) mass is 241 g/mol. The number of hydrogen-bond donors (Lipinski definition) is 2. The van der Waals surface area contributed by atoms with Gasteiger partial charge >= 0.3 is 5.97 Å². The van der Waals surface area contributed by atoms with E-state index in [0.717, 1.165) is 25.7 Å². The van der Waals surface area contributed by atoms with Crippen LogP contribution in [0.5, 0.6) is 0 Å². The fourth-order valence-corrected chi connectivity index (χ4v) is 2.40. The third-order valence-corrected chi connectivity index (χ3v) is 3.28. The lowest BCUT2D eigenvalue weighted by molar-refractivity contribution is -0.139. The van der Waals surface area contributed by atoms with Crippen molar-refractivity contribution in [1.29, 1.82) is 0 Å². The molecule has 0 aromatic heterocycles. The Kier molecular flexibility index (Phi) is 4.97. The highest BCUT2D eigenvalue weighted by Crippen LogP contribution is 2.23. The Bertz CT molecular complexity index is 278. The zero-order chi connectivity index (χ0) is 12.9. The molecule has 1 aliphatic rings. The highest BCUT2D eigenvalue weighted by Gasteiger charge is 2.28. The number of carboxylic acids is 1. The van der Waals surface area contributed by atoms with Gasteiger partial charge in [0.1, 0.15) is 0 Å². The first-order chi connectivity index (χ1) is 7.91. The second-order valence-electron chi connectivity index (χ2n) is 5.63. The Hall–Kier alpha value is -1.06. The quantitative estimate of drug-likeness (QED) is 0.742. The average Bonchev–Trinajstić information content (AvgIpc) is 2.41. The Balaban J connectivity index is 2.48. The molecule has 0 saturated heterocycles. The first kappa shape index (κ1) is 14.0. The Morgan fingerprint density at radius 1 is 1.18 bits per heavy atom. The van der Waals surface area contributed by atoms with Crippen molar-refractivity contribution in [3.05, 3.63) is 0 Å². The molecule has 0 heterocycles. The summed E-state index contributed by atoms with van der Waals surface area (Å²) >= 11 is 0. The Morgan fingerprint density at radius 2 is 1.71 bits per heavy atom. The molecule has 1 amide bonds. The van der Waals surface area contributed by atoms with Gasteiger partial charge in [0.15, 0.2) is 0 Å². The van der Waals surface area contributed by atoms with Gasteiger partial charge in [-0.25, -0.2) is 0 Å². The van der Waals surface area contributed by atoms with E-state index in [4.69, 9.17) is 5.11 Å². The predicted molar refractivity (Wildman–Crippen MR) is 65.7 cm³/mol. The molecule has 0 aromatic rings. The maximum absolute atomic E-state index is 12.0. The van der Waals surface area contributed by atoms with E-state index in [0.29, 0.717) is 0 Å². The van der Waals surface area contributed by atoms with Gasteiger partial charge in [0.05, 0.1) is 6.42 Å². The number of rotatable bonds is 4. The maximum Gasteiger partial charge on any atom is 0.305 e. The van der Waals surface area contributed by atoms with Gasteiger partial charge in [0.2, 0.25) is 5.91 Å². The number of amides is 1. The number of carbonyl (C=O) groups is 2. The van der Waals surface area contributed by atoms with Gasteiger partial charge in [0, 0.05) is 11.5 Å². The molecule has 98 valence electrons. The number of carbonyl (C=O) groups excluding carboxylic acids is 1. The molecule has 0 aliphatic heterocycles. The van der Waals surface area contributed by atoms with Crippen molar-refractivity contribution in [2.24, 2.45) is 5.92 Å². The van der Waals surface area contributed by atoms with E-state index in [9.17, 15) is 9.59 Å². The van der Waals surface area contributed by atoms with Crippen LogP contribution in [0.15, 0.2) is 0 Å². The van der Waals surface area contributed by atoms with Crippen LogP contribution in [-0.4, -0.2) is 22.5 Å². The van der Waals surface area contributed by atoms with Crippen LogP contribution in [0.25, 0.3) is 0 Å². The molecule has 0 radical (unpaired) electrons. The molecule has 0 bridgehead atoms. The lowest BCUT2D eigenvalue weighted by atomic mass is 9.95. The topological polar surface area (TPSA) is 66.4 Å². The second kappa shape index (κ2) is 6.03. The summed E-state index contributed by atoms with van der Waals surface area (Å²) < 4.78 is 0. The zero-order valence-electron chi connectivity index (χ0n) is 10.8. The maximum atomic E-state index is 12.0. The Labute approximate surface area is 103 Å². The van der Waals surface area contributed by atoms with Crippen LogP contribution in [0, 0.1) is 5.92 Å². The summed E-state index contributed by atoms with van der Waals surface area (Å²) in [7, 11) is 0. The molecular weight excluding hydrogens is 218 g/mol. The summed E-state index contributed by atoms with van der Waals surface area (Å²) in [5.74, 6) is -0.778. The first-order valence-corrected chi connectivity index (χ1v) is 6.44. The average molecular weight is 241 g/mol. The SMILES string of the molecule is CC(C)(CC(=O)O)NC(=O)C1CCCCCC1. The molecule has 17 heavy (non-hydrogen) atoms. The van der Waals surface area contributed by atoms with Gasteiger partial charge in [-0.3, -0.25) is 9.59 Å². The van der Waals surface area contributed by atoms with Gasteiger partial charge in [-0.15, -0.1) is 0 Å². The Morgan fingerprint density at radius 3 is 2.18 bits per heavy atom. The molecule has 1 aliphatic carbocycles. The smallest absolute Gasteiger partial charge is 0.305 e. The summed E-state index contributed by atoms with van der Waals surface area (Å²) in [5, 5.41) is 11.6. The summed E-state index contributed by atoms with van der Waals surface area (Å²) in [5.41, 5.74) is -0.658. The molecule has 2 N–H and O–H groups in total. The zero-order valence-corrected chi connectivity index (χ0v) is 10.8. The number of aliphatic carboxylic acids is 1. The molecule has 1 saturated carbocycles. The molecule has 0 spiro atoms. The molecule has 4 nitrogen and oxygen atoms in total. The summed E-state index contributed by atoms with van der Waals surface area (Å²) in [6.45, 7) is 3.52. The van der Waals surface area contributed by atoms with Gasteiger partial charge in [-0.1, -0.05) is 25.7 Å². The molecule has 1 fully saturated rings. The minimum absolute atomic E-state index is 0.0261. The van der Waals surface area contributed by atoms with E-state index in [1.54, 1.807) is 13.8 Å². The van der Waals surface area contributed by atoms with Crippen LogP contribution in [0.3, 0.4) is 0 Å². The van der Waals surface area contributed by atoms with Crippen LogP contribution < -0.4 is 5.32 Å². The predicted octanol–water partition coefficient (Wildman–Crippen LogP) is 2.33. The lowest BCUT2D eigenvalue weighted by Crippen LogP contribution is -2.47. The van der Waals surface area contributed by atoms with Crippen molar-refractivity contribution in [1.82, 2.24) is 5.32 Å². The highest BCUT2D eigenvalue weighted by atomic mass is 16.4. The van der Waals surface area contributed by atoms with Crippen molar-refractivity contribution in [2.45, 2.75) is 64.3 Å². The molecular formula is C13H23NO3. The molecule has 1 rings (SSSR count). The van der Waals surface area contributed by atoms with E-state index in [2.05, 4.69) is 5.32 Å². The van der Waals surface area contributed by atoms with Crippen LogP contribution in [0.4, 0.5) is 0 Å². The minimum atomic E-state index is -0.879. The van der Waals surface area contributed by atoms with Crippen molar-refractivity contribution in [2.75, 3.05) is 0 Å².